The monoisotopic (exact) mass is 283 g/mol. The van der Waals surface area contributed by atoms with Crippen molar-refractivity contribution in [3.8, 4) is 6.07 Å². The summed E-state index contributed by atoms with van der Waals surface area (Å²) >= 11 is 0. The molecule has 0 aromatic heterocycles. The fraction of sp³-hybridized carbons (Fsp3) is 0.267. The molecule has 1 unspecified atom stereocenters. The lowest BCUT2D eigenvalue weighted by molar-refractivity contribution is 0.0166. The van der Waals surface area contributed by atoms with Crippen LogP contribution in [0.4, 0.5) is 4.39 Å². The Kier molecular flexibility index (Phi) is 3.40. The molecule has 0 radical (unpaired) electrons. The highest BCUT2D eigenvalue weighted by Gasteiger charge is 2.44. The van der Waals surface area contributed by atoms with Gasteiger partial charge in [-0.25, -0.2) is 4.39 Å². The molecular weight excluding hydrogens is 269 g/mol. The average Bonchev–Trinajstić information content (AvgIpc) is 2.56. The quantitative estimate of drug-likeness (QED) is 0.729. The molecule has 6 heteroatoms. The molecule has 0 saturated carbocycles. The summed E-state index contributed by atoms with van der Waals surface area (Å²) in [5, 5.41) is 9.09. The summed E-state index contributed by atoms with van der Waals surface area (Å²) in [6, 6.07) is 2.04. The van der Waals surface area contributed by atoms with Crippen LogP contribution in [0.25, 0.3) is 0 Å². The lowest BCUT2D eigenvalue weighted by Crippen LogP contribution is -2.49. The molecule has 2 heterocycles. The van der Waals surface area contributed by atoms with E-state index in [-0.39, 0.29) is 13.1 Å². The first-order valence-electron chi connectivity index (χ1n) is 6.61. The molecule has 0 saturated heterocycles. The summed E-state index contributed by atoms with van der Waals surface area (Å²) in [4.78, 5) is 11.5. The van der Waals surface area contributed by atoms with Gasteiger partial charge in [0.05, 0.1) is 11.8 Å². The fourth-order valence-electron chi connectivity index (χ4n) is 2.51. The van der Waals surface area contributed by atoms with Gasteiger partial charge < -0.3 is 9.80 Å². The van der Waals surface area contributed by atoms with Crippen LogP contribution in [-0.2, 0) is 0 Å². The van der Waals surface area contributed by atoms with Gasteiger partial charge in [-0.2, -0.15) is 5.26 Å². The third kappa shape index (κ3) is 2.38. The van der Waals surface area contributed by atoms with Crippen molar-refractivity contribution in [2.75, 3.05) is 13.3 Å². The number of rotatable bonds is 2. The summed E-state index contributed by atoms with van der Waals surface area (Å²) in [5.74, 6) is -1.80. The van der Waals surface area contributed by atoms with Crippen molar-refractivity contribution < 1.29 is 4.39 Å². The zero-order chi connectivity index (χ0) is 14.7. The zero-order valence-corrected chi connectivity index (χ0v) is 11.4. The molecule has 1 atom stereocenters. The van der Waals surface area contributed by atoms with Gasteiger partial charge >= 0.3 is 0 Å². The molecule has 2 aliphatic heterocycles. The number of aliphatic imine (C=N–C) groups is 2. The van der Waals surface area contributed by atoms with Crippen molar-refractivity contribution in [2.24, 2.45) is 9.98 Å². The predicted octanol–water partition coefficient (Wildman–Crippen LogP) is 2.10. The normalized spacial score (nSPS) is 27.4. The molecule has 0 aromatic rings. The van der Waals surface area contributed by atoms with Crippen molar-refractivity contribution in [3.05, 3.63) is 48.0 Å². The molecule has 106 valence electrons. The summed E-state index contributed by atoms with van der Waals surface area (Å²) in [7, 11) is 0. The Labute approximate surface area is 122 Å². The highest BCUT2D eigenvalue weighted by molar-refractivity contribution is 5.72. The first kappa shape index (κ1) is 13.3. The van der Waals surface area contributed by atoms with Crippen LogP contribution in [0.2, 0.25) is 0 Å². The lowest BCUT2D eigenvalue weighted by Gasteiger charge is -2.42. The third-order valence-corrected chi connectivity index (χ3v) is 3.55. The summed E-state index contributed by atoms with van der Waals surface area (Å²) in [6.07, 6.45) is 13.5. The van der Waals surface area contributed by atoms with E-state index in [1.54, 1.807) is 54.0 Å². The predicted molar refractivity (Wildman–Crippen MR) is 78.9 cm³/mol. The SMILES string of the molecule is N#CC1=CC=C(N2C=CC=NC2)C(F)(N2C=CC=NC2)C1. The first-order chi connectivity index (χ1) is 10.2. The minimum absolute atomic E-state index is 0.00322. The first-order valence-corrected chi connectivity index (χ1v) is 6.61. The van der Waals surface area contributed by atoms with Crippen LogP contribution in [0.5, 0.6) is 0 Å². The number of nitrogens with zero attached hydrogens (tertiary/aromatic N) is 5. The number of hydrogen-bond donors (Lipinski definition) is 0. The van der Waals surface area contributed by atoms with E-state index in [0.717, 1.165) is 0 Å². The van der Waals surface area contributed by atoms with Crippen LogP contribution >= 0.6 is 0 Å². The molecule has 0 bridgehead atoms. The van der Waals surface area contributed by atoms with Crippen LogP contribution in [0.3, 0.4) is 0 Å². The maximum Gasteiger partial charge on any atom is 0.229 e. The van der Waals surface area contributed by atoms with Gasteiger partial charge in [-0.15, -0.1) is 0 Å². The van der Waals surface area contributed by atoms with Crippen molar-refractivity contribution in [3.63, 3.8) is 0 Å². The molecule has 1 aliphatic carbocycles. The van der Waals surface area contributed by atoms with E-state index in [2.05, 4.69) is 9.98 Å². The molecular formula is C15H14FN5. The number of alkyl halides is 1. The number of allylic oxidation sites excluding steroid dienone is 4. The molecule has 0 spiro atoms. The standard InChI is InChI=1S/C15H14FN5/c16-15(21-8-2-6-19-12-21)9-13(10-17)3-4-14(15)20-7-1-5-18-11-20/h1-8H,9,11-12H2. The number of halogens is 1. The highest BCUT2D eigenvalue weighted by atomic mass is 19.1. The second-order valence-electron chi connectivity index (χ2n) is 4.86. The van der Waals surface area contributed by atoms with Crippen molar-refractivity contribution in [1.82, 2.24) is 9.80 Å². The smallest absolute Gasteiger partial charge is 0.229 e. The van der Waals surface area contributed by atoms with Crippen molar-refractivity contribution in [1.29, 1.82) is 5.26 Å². The third-order valence-electron chi connectivity index (χ3n) is 3.55. The van der Waals surface area contributed by atoms with E-state index >= 15 is 4.39 Å². The highest BCUT2D eigenvalue weighted by Crippen LogP contribution is 2.39. The largest absolute Gasteiger partial charge is 0.327 e. The topological polar surface area (TPSA) is 55.0 Å². The second kappa shape index (κ2) is 5.37. The Balaban J connectivity index is 1.98. The lowest BCUT2D eigenvalue weighted by atomic mass is 9.93. The maximum atomic E-state index is 15.8. The van der Waals surface area contributed by atoms with Gasteiger partial charge in [0.15, 0.2) is 0 Å². The zero-order valence-electron chi connectivity index (χ0n) is 11.4. The van der Waals surface area contributed by atoms with Crippen LogP contribution in [0, 0.1) is 11.3 Å². The summed E-state index contributed by atoms with van der Waals surface area (Å²) in [6.45, 7) is 0.592. The summed E-state index contributed by atoms with van der Waals surface area (Å²) in [5.41, 5.74) is 0.880. The number of hydrogen-bond acceptors (Lipinski definition) is 5. The minimum atomic E-state index is -1.80. The Hall–Kier alpha value is -2.68. The maximum absolute atomic E-state index is 15.8. The molecule has 0 fully saturated rings. The average molecular weight is 283 g/mol. The van der Waals surface area contributed by atoms with Gasteiger partial charge in [-0.3, -0.25) is 9.98 Å². The Bertz CT molecular complexity index is 649. The number of nitriles is 1. The second-order valence-corrected chi connectivity index (χ2v) is 4.86. The Morgan fingerprint density at radius 1 is 1.14 bits per heavy atom. The molecule has 21 heavy (non-hydrogen) atoms. The van der Waals surface area contributed by atoms with E-state index in [9.17, 15) is 0 Å². The van der Waals surface area contributed by atoms with Gasteiger partial charge in [-0.1, -0.05) is 0 Å². The van der Waals surface area contributed by atoms with E-state index in [0.29, 0.717) is 17.9 Å². The van der Waals surface area contributed by atoms with Gasteiger partial charge in [0.2, 0.25) is 5.79 Å². The van der Waals surface area contributed by atoms with E-state index < -0.39 is 5.79 Å². The van der Waals surface area contributed by atoms with Gasteiger partial charge in [0.25, 0.3) is 0 Å². The Morgan fingerprint density at radius 2 is 1.90 bits per heavy atom. The van der Waals surface area contributed by atoms with Crippen LogP contribution in [0.1, 0.15) is 6.42 Å². The molecule has 3 aliphatic rings. The summed E-state index contributed by atoms with van der Waals surface area (Å²) < 4.78 is 15.8. The van der Waals surface area contributed by atoms with E-state index in [1.807, 2.05) is 6.07 Å². The van der Waals surface area contributed by atoms with Gasteiger partial charge in [-0.05, 0) is 24.3 Å². The van der Waals surface area contributed by atoms with Crippen molar-refractivity contribution in [2.45, 2.75) is 12.2 Å². The van der Waals surface area contributed by atoms with Crippen LogP contribution < -0.4 is 0 Å². The molecule has 3 rings (SSSR count). The minimum Gasteiger partial charge on any atom is -0.327 e. The van der Waals surface area contributed by atoms with E-state index in [1.165, 1.54) is 4.90 Å². The van der Waals surface area contributed by atoms with Crippen LogP contribution in [0.15, 0.2) is 58.0 Å². The van der Waals surface area contributed by atoms with Gasteiger partial charge in [0, 0.05) is 36.8 Å². The molecule has 5 nitrogen and oxygen atoms in total. The molecule has 0 N–H and O–H groups in total. The van der Waals surface area contributed by atoms with E-state index in [4.69, 9.17) is 5.26 Å². The Morgan fingerprint density at radius 3 is 2.52 bits per heavy atom. The fourth-order valence-corrected chi connectivity index (χ4v) is 2.51. The molecule has 0 aromatic carbocycles. The van der Waals surface area contributed by atoms with Crippen molar-refractivity contribution >= 4 is 12.4 Å². The van der Waals surface area contributed by atoms with Crippen LogP contribution in [-0.4, -0.2) is 41.4 Å². The molecule has 0 amide bonds. The van der Waals surface area contributed by atoms with Gasteiger partial charge in [0.1, 0.15) is 13.3 Å².